The maximum Gasteiger partial charge on any atom is 0.340 e. The summed E-state index contributed by atoms with van der Waals surface area (Å²) in [5, 5.41) is 0. The van der Waals surface area contributed by atoms with Crippen LogP contribution in [0.1, 0.15) is 0 Å². The summed E-state index contributed by atoms with van der Waals surface area (Å²) < 4.78 is 31.9. The molecule has 4 heterocycles. The van der Waals surface area contributed by atoms with E-state index in [1.807, 2.05) is 4.90 Å². The molecular weight excluding hydrogens is 412 g/mol. The third kappa shape index (κ3) is 4.48. The standard InChI is InChI=1S/C18H20N6O5S/c25-16(22-6-8-23(9-7-22)18-19-4-1-5-20-18)13-29-17(26)14-2-3-15-21-30(27,28)11-10-24(15)12-14/h1-5,12H,6-11,13H2. The summed E-state index contributed by atoms with van der Waals surface area (Å²) in [7, 11) is -3.46. The van der Waals surface area contributed by atoms with Crippen molar-refractivity contribution in [3.05, 3.63) is 42.4 Å². The summed E-state index contributed by atoms with van der Waals surface area (Å²) in [5.41, 5.74) is 0.229. The van der Waals surface area contributed by atoms with Gasteiger partial charge in [0, 0.05) is 51.3 Å². The highest BCUT2D eigenvalue weighted by atomic mass is 32.2. The number of piperazine rings is 1. The number of aromatic nitrogens is 2. The molecule has 12 heteroatoms. The molecule has 4 rings (SSSR count). The van der Waals surface area contributed by atoms with Gasteiger partial charge in [-0.2, -0.15) is 0 Å². The van der Waals surface area contributed by atoms with E-state index in [1.165, 1.54) is 18.4 Å². The zero-order valence-corrected chi connectivity index (χ0v) is 16.9. The Bertz CT molecular complexity index is 1030. The molecule has 0 spiro atoms. The van der Waals surface area contributed by atoms with Crippen molar-refractivity contribution in [1.82, 2.24) is 19.8 Å². The van der Waals surface area contributed by atoms with Crippen LogP contribution in [-0.4, -0.2) is 91.0 Å². The number of amidine groups is 1. The molecule has 0 radical (unpaired) electrons. The van der Waals surface area contributed by atoms with Gasteiger partial charge in [-0.15, -0.1) is 4.40 Å². The quantitative estimate of drug-likeness (QED) is 0.560. The lowest BCUT2D eigenvalue weighted by Crippen LogP contribution is -2.50. The second-order valence-corrected chi connectivity index (χ2v) is 8.59. The van der Waals surface area contributed by atoms with Crippen molar-refractivity contribution in [3.8, 4) is 0 Å². The second-order valence-electron chi connectivity index (χ2n) is 6.84. The van der Waals surface area contributed by atoms with E-state index in [-0.39, 0.29) is 36.2 Å². The van der Waals surface area contributed by atoms with Crippen LogP contribution >= 0.6 is 0 Å². The van der Waals surface area contributed by atoms with Crippen LogP contribution in [-0.2, 0) is 24.3 Å². The highest BCUT2D eigenvalue weighted by Gasteiger charge is 2.27. The second kappa shape index (κ2) is 8.22. The largest absolute Gasteiger partial charge is 0.452 e. The van der Waals surface area contributed by atoms with Crippen molar-refractivity contribution in [2.45, 2.75) is 0 Å². The highest BCUT2D eigenvalue weighted by Crippen LogP contribution is 2.17. The average molecular weight is 432 g/mol. The molecule has 0 N–H and O–H groups in total. The summed E-state index contributed by atoms with van der Waals surface area (Å²) in [4.78, 5) is 38.3. The number of hydrogen-bond donors (Lipinski definition) is 0. The molecule has 1 amide bonds. The number of anilines is 1. The number of rotatable bonds is 4. The molecule has 0 atom stereocenters. The number of hydrogen-bond acceptors (Lipinski definition) is 9. The Hall–Kier alpha value is -3.28. The minimum Gasteiger partial charge on any atom is -0.452 e. The number of carbonyl (C=O) groups excluding carboxylic acids is 2. The predicted octanol–water partition coefficient (Wildman–Crippen LogP) is -0.834. The number of fused-ring (bicyclic) bond motifs is 1. The molecule has 1 aromatic rings. The number of carbonyl (C=O) groups is 2. The Balaban J connectivity index is 1.27. The summed E-state index contributed by atoms with van der Waals surface area (Å²) in [6.07, 6.45) is 7.71. The average Bonchev–Trinajstić information content (AvgIpc) is 2.77. The third-order valence-electron chi connectivity index (χ3n) is 4.85. The Labute approximate surface area is 173 Å². The fraction of sp³-hybridized carbons (Fsp3) is 0.389. The number of esters is 1. The van der Waals surface area contributed by atoms with E-state index >= 15 is 0 Å². The Morgan fingerprint density at radius 1 is 1.03 bits per heavy atom. The zero-order valence-electron chi connectivity index (χ0n) is 16.0. The Kier molecular flexibility index (Phi) is 5.48. The SMILES string of the molecule is O=C(OCC(=O)N1CCN(c2ncccn2)CC1)C1=CN2CCS(=O)(=O)N=C2C=C1. The normalized spacial score (nSPS) is 20.2. The van der Waals surface area contributed by atoms with Crippen LogP contribution in [0, 0.1) is 0 Å². The highest BCUT2D eigenvalue weighted by molar-refractivity contribution is 7.90. The summed E-state index contributed by atoms with van der Waals surface area (Å²) in [6.45, 7) is 2.01. The minimum atomic E-state index is -3.46. The first-order valence-electron chi connectivity index (χ1n) is 9.37. The fourth-order valence-electron chi connectivity index (χ4n) is 3.23. The van der Waals surface area contributed by atoms with E-state index in [4.69, 9.17) is 4.74 Å². The maximum atomic E-state index is 12.4. The molecule has 3 aliphatic heterocycles. The van der Waals surface area contributed by atoms with Crippen molar-refractivity contribution in [2.24, 2.45) is 4.40 Å². The van der Waals surface area contributed by atoms with Crippen molar-refractivity contribution >= 4 is 33.7 Å². The topological polar surface area (TPSA) is 125 Å². The van der Waals surface area contributed by atoms with Gasteiger partial charge in [-0.05, 0) is 18.2 Å². The summed E-state index contributed by atoms with van der Waals surface area (Å²) in [6, 6.07) is 1.75. The van der Waals surface area contributed by atoms with Gasteiger partial charge in [0.1, 0.15) is 5.84 Å². The molecule has 30 heavy (non-hydrogen) atoms. The van der Waals surface area contributed by atoms with E-state index in [0.717, 1.165) is 0 Å². The van der Waals surface area contributed by atoms with Gasteiger partial charge in [0.25, 0.3) is 15.9 Å². The molecule has 0 bridgehead atoms. The van der Waals surface area contributed by atoms with E-state index in [2.05, 4.69) is 14.4 Å². The van der Waals surface area contributed by atoms with Crippen LogP contribution < -0.4 is 4.90 Å². The number of sulfonamides is 1. The van der Waals surface area contributed by atoms with Crippen LogP contribution in [0.25, 0.3) is 0 Å². The lowest BCUT2D eigenvalue weighted by Gasteiger charge is -2.34. The molecule has 1 fully saturated rings. The zero-order chi connectivity index (χ0) is 21.1. The fourth-order valence-corrected chi connectivity index (χ4v) is 4.20. The Morgan fingerprint density at radius 2 is 1.77 bits per heavy atom. The van der Waals surface area contributed by atoms with Crippen LogP contribution in [0.15, 0.2) is 46.8 Å². The first kappa shape index (κ1) is 20.0. The first-order valence-corrected chi connectivity index (χ1v) is 11.0. The lowest BCUT2D eigenvalue weighted by atomic mass is 10.2. The molecular formula is C18H20N6O5S. The molecule has 0 aromatic carbocycles. The number of nitrogens with zero attached hydrogens (tertiary/aromatic N) is 6. The van der Waals surface area contributed by atoms with Crippen LogP contribution in [0.5, 0.6) is 0 Å². The molecule has 1 saturated heterocycles. The van der Waals surface area contributed by atoms with Gasteiger partial charge in [0.15, 0.2) is 6.61 Å². The smallest absolute Gasteiger partial charge is 0.340 e. The van der Waals surface area contributed by atoms with E-state index < -0.39 is 16.0 Å². The van der Waals surface area contributed by atoms with E-state index in [0.29, 0.717) is 32.1 Å². The van der Waals surface area contributed by atoms with Gasteiger partial charge in [0.2, 0.25) is 5.95 Å². The Morgan fingerprint density at radius 3 is 2.50 bits per heavy atom. The van der Waals surface area contributed by atoms with Crippen molar-refractivity contribution in [3.63, 3.8) is 0 Å². The number of amides is 1. The van der Waals surface area contributed by atoms with E-state index in [1.54, 1.807) is 28.3 Å². The van der Waals surface area contributed by atoms with Gasteiger partial charge in [0.05, 0.1) is 11.3 Å². The van der Waals surface area contributed by atoms with E-state index in [9.17, 15) is 18.0 Å². The van der Waals surface area contributed by atoms with Crippen molar-refractivity contribution < 1.29 is 22.7 Å². The molecule has 0 aliphatic carbocycles. The van der Waals surface area contributed by atoms with Gasteiger partial charge in [-0.3, -0.25) is 4.79 Å². The van der Waals surface area contributed by atoms with Crippen molar-refractivity contribution in [2.75, 3.05) is 50.0 Å². The summed E-state index contributed by atoms with van der Waals surface area (Å²) in [5.74, 6) is -0.163. The van der Waals surface area contributed by atoms with Crippen LogP contribution in [0.2, 0.25) is 0 Å². The third-order valence-corrected chi connectivity index (χ3v) is 6.02. The van der Waals surface area contributed by atoms with Gasteiger partial charge in [-0.1, -0.05) is 0 Å². The molecule has 0 saturated carbocycles. The minimum absolute atomic E-state index is 0.123. The monoisotopic (exact) mass is 432 g/mol. The molecule has 1 aromatic heterocycles. The number of ether oxygens (including phenoxy) is 1. The van der Waals surface area contributed by atoms with Gasteiger partial charge < -0.3 is 19.4 Å². The predicted molar refractivity (Wildman–Crippen MR) is 107 cm³/mol. The summed E-state index contributed by atoms with van der Waals surface area (Å²) >= 11 is 0. The lowest BCUT2D eigenvalue weighted by molar-refractivity contribution is -0.148. The van der Waals surface area contributed by atoms with Gasteiger partial charge in [-0.25, -0.2) is 23.2 Å². The molecule has 3 aliphatic rings. The van der Waals surface area contributed by atoms with Gasteiger partial charge >= 0.3 is 5.97 Å². The van der Waals surface area contributed by atoms with Crippen LogP contribution in [0.4, 0.5) is 5.95 Å². The molecule has 0 unspecified atom stereocenters. The molecule has 158 valence electrons. The first-order chi connectivity index (χ1) is 14.4. The van der Waals surface area contributed by atoms with Crippen LogP contribution in [0.3, 0.4) is 0 Å². The molecule has 11 nitrogen and oxygen atoms in total. The maximum absolute atomic E-state index is 12.4. The van der Waals surface area contributed by atoms with Crippen molar-refractivity contribution in [1.29, 1.82) is 0 Å².